The minimum Gasteiger partial charge on any atom is -0.444 e. The highest BCUT2D eigenvalue weighted by Gasteiger charge is 2.20. The van der Waals surface area contributed by atoms with Crippen LogP contribution in [0, 0.1) is 0 Å². The van der Waals surface area contributed by atoms with Crippen molar-refractivity contribution in [3.63, 3.8) is 0 Å². The number of rotatable bonds is 7. The number of carbonyl (C=O) groups excluding carboxylic acids is 2. The molecule has 2 amide bonds. The molecule has 158 valence electrons. The molecule has 30 heavy (non-hydrogen) atoms. The third kappa shape index (κ3) is 5.86. The molecule has 0 bridgehead atoms. The molecule has 1 unspecified atom stereocenters. The zero-order chi connectivity index (χ0) is 21.6. The van der Waals surface area contributed by atoms with E-state index in [2.05, 4.69) is 39.5 Å². The summed E-state index contributed by atoms with van der Waals surface area (Å²) < 4.78 is 7.25. The Morgan fingerprint density at radius 3 is 2.33 bits per heavy atom. The Hall–Kier alpha value is -3.28. The molecule has 0 spiro atoms. The maximum Gasteiger partial charge on any atom is 0.407 e. The molecule has 0 fully saturated rings. The van der Waals surface area contributed by atoms with E-state index in [1.54, 1.807) is 0 Å². The van der Waals surface area contributed by atoms with Gasteiger partial charge in [-0.05, 0) is 49.2 Å². The molecule has 3 aromatic rings. The van der Waals surface area contributed by atoms with Crippen molar-refractivity contribution >= 4 is 22.8 Å². The lowest BCUT2D eigenvalue weighted by Gasteiger charge is -2.21. The average Bonchev–Trinajstić information content (AvgIpc) is 3.22. The van der Waals surface area contributed by atoms with Crippen LogP contribution in [0.2, 0.25) is 0 Å². The number of fused-ring (bicyclic) bond motifs is 1. The van der Waals surface area contributed by atoms with Gasteiger partial charge in [0.05, 0.1) is 12.5 Å². The molecule has 0 saturated heterocycles. The number of carbonyl (C=O) groups is 2. The summed E-state index contributed by atoms with van der Waals surface area (Å²) in [6.07, 6.45) is 3.76. The number of aromatic nitrogens is 1. The Kier molecular flexibility index (Phi) is 6.77. The maximum absolute atomic E-state index is 12.7. The molecule has 0 aliphatic rings. The van der Waals surface area contributed by atoms with Crippen LogP contribution in [0.4, 0.5) is 4.79 Å². The standard InChI is InChI=1S/C24H29N3O3/c1-24(2,3)30-23(29)26-14-13-25-22(28)17-21(27-15-6-7-16-27)20-12-8-10-18-9-4-5-11-19(18)20/h4-12,15-16,21H,13-14,17H2,1-3H3,(H,25,28)(H,26,29). The van der Waals surface area contributed by atoms with Crippen molar-refractivity contribution in [1.82, 2.24) is 15.2 Å². The van der Waals surface area contributed by atoms with Crippen LogP contribution in [0.5, 0.6) is 0 Å². The number of hydrogen-bond acceptors (Lipinski definition) is 3. The van der Waals surface area contributed by atoms with Gasteiger partial charge >= 0.3 is 6.09 Å². The molecule has 0 radical (unpaired) electrons. The zero-order valence-corrected chi connectivity index (χ0v) is 17.7. The Morgan fingerprint density at radius 2 is 1.60 bits per heavy atom. The molecule has 0 aliphatic heterocycles. The molecule has 3 rings (SSSR count). The van der Waals surface area contributed by atoms with Crippen LogP contribution in [0.1, 0.15) is 38.8 Å². The zero-order valence-electron chi connectivity index (χ0n) is 17.7. The van der Waals surface area contributed by atoms with Crippen molar-refractivity contribution < 1.29 is 14.3 Å². The van der Waals surface area contributed by atoms with E-state index in [4.69, 9.17) is 4.74 Å². The monoisotopic (exact) mass is 407 g/mol. The average molecular weight is 408 g/mol. The van der Waals surface area contributed by atoms with Crippen molar-refractivity contribution in [2.75, 3.05) is 13.1 Å². The summed E-state index contributed by atoms with van der Waals surface area (Å²) >= 11 is 0. The second-order valence-corrected chi connectivity index (χ2v) is 8.20. The number of hydrogen-bond donors (Lipinski definition) is 2. The molecule has 6 nitrogen and oxygen atoms in total. The first kappa shape index (κ1) is 21.4. The van der Waals surface area contributed by atoms with Crippen LogP contribution in [0.3, 0.4) is 0 Å². The molecule has 1 aromatic heterocycles. The van der Waals surface area contributed by atoms with Crippen molar-refractivity contribution in [2.24, 2.45) is 0 Å². The Bertz CT molecular complexity index is 985. The fraction of sp³-hybridized carbons (Fsp3) is 0.333. The van der Waals surface area contributed by atoms with Gasteiger partial charge in [-0.15, -0.1) is 0 Å². The van der Waals surface area contributed by atoms with Crippen LogP contribution in [0.15, 0.2) is 67.0 Å². The van der Waals surface area contributed by atoms with Gasteiger partial charge in [0.15, 0.2) is 0 Å². The van der Waals surface area contributed by atoms with E-state index in [1.165, 1.54) is 0 Å². The smallest absolute Gasteiger partial charge is 0.407 e. The fourth-order valence-electron chi connectivity index (χ4n) is 3.40. The van der Waals surface area contributed by atoms with Crippen LogP contribution in [-0.4, -0.2) is 35.3 Å². The third-order valence-electron chi connectivity index (χ3n) is 4.66. The first-order chi connectivity index (χ1) is 14.3. The molecule has 1 atom stereocenters. The number of nitrogens with zero attached hydrogens (tertiary/aromatic N) is 1. The van der Waals surface area contributed by atoms with Crippen molar-refractivity contribution in [3.8, 4) is 0 Å². The Balaban J connectivity index is 1.64. The largest absolute Gasteiger partial charge is 0.444 e. The van der Waals surface area contributed by atoms with Crippen LogP contribution in [0.25, 0.3) is 10.8 Å². The lowest BCUT2D eigenvalue weighted by atomic mass is 9.96. The lowest BCUT2D eigenvalue weighted by Crippen LogP contribution is -2.38. The predicted octanol–water partition coefficient (Wildman–Crippen LogP) is 4.26. The van der Waals surface area contributed by atoms with Gasteiger partial charge in [-0.25, -0.2) is 4.79 Å². The van der Waals surface area contributed by atoms with Gasteiger partial charge in [0, 0.05) is 25.5 Å². The molecule has 0 aliphatic carbocycles. The highest BCUT2D eigenvalue weighted by atomic mass is 16.6. The minimum absolute atomic E-state index is 0.0763. The predicted molar refractivity (Wildman–Crippen MR) is 118 cm³/mol. The van der Waals surface area contributed by atoms with E-state index >= 15 is 0 Å². The van der Waals surface area contributed by atoms with Gasteiger partial charge in [-0.2, -0.15) is 0 Å². The normalized spacial score (nSPS) is 12.4. The maximum atomic E-state index is 12.7. The van der Waals surface area contributed by atoms with E-state index in [0.29, 0.717) is 19.5 Å². The Morgan fingerprint density at radius 1 is 0.933 bits per heavy atom. The fourth-order valence-corrected chi connectivity index (χ4v) is 3.40. The highest BCUT2D eigenvalue weighted by Crippen LogP contribution is 2.29. The number of amides is 2. The molecular formula is C24H29N3O3. The van der Waals surface area contributed by atoms with Gasteiger partial charge in [0.25, 0.3) is 0 Å². The quantitative estimate of drug-likeness (QED) is 0.575. The van der Waals surface area contributed by atoms with Gasteiger partial charge < -0.3 is 19.9 Å². The third-order valence-corrected chi connectivity index (χ3v) is 4.66. The molecule has 1 heterocycles. The summed E-state index contributed by atoms with van der Waals surface area (Å²) in [4.78, 5) is 24.4. The van der Waals surface area contributed by atoms with E-state index in [9.17, 15) is 9.59 Å². The number of nitrogens with one attached hydrogen (secondary N) is 2. The van der Waals surface area contributed by atoms with Gasteiger partial charge in [0.1, 0.15) is 5.60 Å². The number of alkyl carbamates (subject to hydrolysis) is 1. The molecular weight excluding hydrogens is 378 g/mol. The summed E-state index contributed by atoms with van der Waals surface area (Å²) in [6, 6.07) is 18.2. The van der Waals surface area contributed by atoms with Crippen LogP contribution >= 0.6 is 0 Å². The van der Waals surface area contributed by atoms with Gasteiger partial charge in [-0.3, -0.25) is 4.79 Å². The summed E-state index contributed by atoms with van der Waals surface area (Å²) in [6.45, 7) is 6.07. The minimum atomic E-state index is -0.546. The lowest BCUT2D eigenvalue weighted by molar-refractivity contribution is -0.121. The first-order valence-electron chi connectivity index (χ1n) is 10.2. The van der Waals surface area contributed by atoms with Crippen molar-refractivity contribution in [1.29, 1.82) is 0 Å². The van der Waals surface area contributed by atoms with E-state index in [1.807, 2.05) is 63.5 Å². The second kappa shape index (κ2) is 9.48. The van der Waals surface area contributed by atoms with Crippen LogP contribution in [-0.2, 0) is 9.53 Å². The molecule has 2 aromatic carbocycles. The highest BCUT2D eigenvalue weighted by molar-refractivity contribution is 5.87. The SMILES string of the molecule is CC(C)(C)OC(=O)NCCNC(=O)CC(c1cccc2ccccc12)n1cccc1. The van der Waals surface area contributed by atoms with Crippen molar-refractivity contribution in [3.05, 3.63) is 72.6 Å². The number of ether oxygens (including phenoxy) is 1. The van der Waals surface area contributed by atoms with E-state index in [0.717, 1.165) is 16.3 Å². The first-order valence-corrected chi connectivity index (χ1v) is 10.2. The summed E-state index contributed by atoms with van der Waals surface area (Å²) in [5.41, 5.74) is 0.557. The van der Waals surface area contributed by atoms with Gasteiger partial charge in [-0.1, -0.05) is 42.5 Å². The molecule has 6 heteroatoms. The number of benzene rings is 2. The van der Waals surface area contributed by atoms with E-state index < -0.39 is 11.7 Å². The summed E-state index contributed by atoms with van der Waals surface area (Å²) in [5.74, 6) is -0.0763. The van der Waals surface area contributed by atoms with Crippen LogP contribution < -0.4 is 10.6 Å². The summed E-state index contributed by atoms with van der Waals surface area (Å²) in [7, 11) is 0. The Labute approximate surface area is 177 Å². The summed E-state index contributed by atoms with van der Waals surface area (Å²) in [5, 5.41) is 7.82. The molecule has 2 N–H and O–H groups in total. The molecule has 0 saturated carbocycles. The van der Waals surface area contributed by atoms with Gasteiger partial charge in [0.2, 0.25) is 5.91 Å². The second-order valence-electron chi connectivity index (χ2n) is 8.20. The van der Waals surface area contributed by atoms with E-state index in [-0.39, 0.29) is 11.9 Å². The topological polar surface area (TPSA) is 72.4 Å². The van der Waals surface area contributed by atoms with Crippen molar-refractivity contribution in [2.45, 2.75) is 38.8 Å².